The largest absolute Gasteiger partial charge is 0.447 e. The molecular formula is C30H33N3O4. The monoisotopic (exact) mass is 499 g/mol. The van der Waals surface area contributed by atoms with Gasteiger partial charge in [-0.2, -0.15) is 0 Å². The Labute approximate surface area is 216 Å². The first-order valence-corrected chi connectivity index (χ1v) is 13.3. The zero-order chi connectivity index (χ0) is 25.7. The Morgan fingerprint density at radius 3 is 2.68 bits per heavy atom. The van der Waals surface area contributed by atoms with Gasteiger partial charge in [-0.05, 0) is 96.9 Å². The smallest absolute Gasteiger partial charge is 0.414 e. The van der Waals surface area contributed by atoms with E-state index in [0.717, 1.165) is 46.3 Å². The van der Waals surface area contributed by atoms with Crippen LogP contribution in [0.15, 0.2) is 42.5 Å². The third-order valence-corrected chi connectivity index (χ3v) is 8.83. The number of primary amides is 1. The van der Waals surface area contributed by atoms with E-state index in [0.29, 0.717) is 36.5 Å². The van der Waals surface area contributed by atoms with Crippen molar-refractivity contribution in [2.75, 3.05) is 24.7 Å². The van der Waals surface area contributed by atoms with Gasteiger partial charge in [0.2, 0.25) is 5.91 Å². The predicted octanol–water partition coefficient (Wildman–Crippen LogP) is 4.71. The number of pyridine rings is 1. The molecule has 192 valence electrons. The number of anilines is 1. The van der Waals surface area contributed by atoms with E-state index in [1.165, 1.54) is 24.8 Å². The lowest BCUT2D eigenvalue weighted by molar-refractivity contribution is 0.0999. The fraction of sp³-hybridized carbons (Fsp3) is 0.433. The van der Waals surface area contributed by atoms with Gasteiger partial charge in [0.05, 0.1) is 12.1 Å². The molecule has 2 atom stereocenters. The minimum atomic E-state index is -0.489. The Balaban J connectivity index is 1.45. The second kappa shape index (κ2) is 9.14. The summed E-state index contributed by atoms with van der Waals surface area (Å²) in [5, 5.41) is 11.0. The molecule has 0 radical (unpaired) electrons. The Kier molecular flexibility index (Phi) is 5.91. The van der Waals surface area contributed by atoms with Gasteiger partial charge < -0.3 is 15.6 Å². The number of cyclic esters (lactones) is 1. The van der Waals surface area contributed by atoms with Crippen LogP contribution >= 0.6 is 0 Å². The summed E-state index contributed by atoms with van der Waals surface area (Å²) in [5.41, 5.74) is 12.6. The number of fused-ring (bicyclic) bond motifs is 2. The lowest BCUT2D eigenvalue weighted by Crippen LogP contribution is -2.23. The van der Waals surface area contributed by atoms with Crippen molar-refractivity contribution in [3.8, 4) is 0 Å². The predicted molar refractivity (Wildman–Crippen MR) is 142 cm³/mol. The van der Waals surface area contributed by atoms with Crippen LogP contribution in [0.3, 0.4) is 0 Å². The maximum absolute atomic E-state index is 12.6. The molecule has 2 amide bonds. The summed E-state index contributed by atoms with van der Waals surface area (Å²) in [6.45, 7) is 3.25. The number of carbonyl (C=O) groups is 2. The van der Waals surface area contributed by atoms with Crippen LogP contribution in [0, 0.1) is 11.3 Å². The number of nitrogens with two attached hydrogens (primary N) is 1. The van der Waals surface area contributed by atoms with Crippen LogP contribution in [0.4, 0.5) is 10.5 Å². The minimum absolute atomic E-state index is 0.0434. The first-order valence-electron chi connectivity index (χ1n) is 13.3. The van der Waals surface area contributed by atoms with E-state index in [1.54, 1.807) is 11.0 Å². The lowest BCUT2D eigenvalue weighted by Gasteiger charge is -2.30. The number of carbonyl (C=O) groups excluding carboxylic acids is 2. The van der Waals surface area contributed by atoms with Crippen LogP contribution in [0.2, 0.25) is 0 Å². The highest BCUT2D eigenvalue weighted by atomic mass is 16.6. The zero-order valence-electron chi connectivity index (χ0n) is 21.2. The van der Waals surface area contributed by atoms with Crippen LogP contribution in [-0.4, -0.2) is 41.8 Å². The second-order valence-electron chi connectivity index (χ2n) is 11.1. The quantitative estimate of drug-likeness (QED) is 0.490. The highest BCUT2D eigenvalue weighted by Crippen LogP contribution is 2.55. The van der Waals surface area contributed by atoms with E-state index in [-0.39, 0.29) is 18.6 Å². The highest BCUT2D eigenvalue weighted by Gasteiger charge is 2.45. The van der Waals surface area contributed by atoms with Gasteiger partial charge in [0.25, 0.3) is 0 Å². The van der Waals surface area contributed by atoms with Crippen molar-refractivity contribution in [3.63, 3.8) is 0 Å². The summed E-state index contributed by atoms with van der Waals surface area (Å²) in [4.78, 5) is 31.3. The topological polar surface area (TPSA) is 106 Å². The number of amides is 2. The molecule has 3 N–H and O–H groups in total. The number of benzene rings is 2. The molecule has 1 unspecified atom stereocenters. The zero-order valence-corrected chi connectivity index (χ0v) is 21.2. The lowest BCUT2D eigenvalue weighted by atomic mass is 9.76. The fourth-order valence-corrected chi connectivity index (χ4v) is 6.33. The number of aliphatic hydroxyl groups is 1. The number of aliphatic hydroxyl groups excluding tert-OH is 1. The molecule has 1 saturated heterocycles. The van der Waals surface area contributed by atoms with E-state index in [2.05, 4.69) is 13.0 Å². The Hall–Kier alpha value is -3.45. The molecule has 37 heavy (non-hydrogen) atoms. The average Bonchev–Trinajstić information content (AvgIpc) is 3.51. The fourth-order valence-electron chi connectivity index (χ4n) is 6.33. The van der Waals surface area contributed by atoms with Gasteiger partial charge in [0, 0.05) is 34.9 Å². The summed E-state index contributed by atoms with van der Waals surface area (Å²) >= 11 is 0. The van der Waals surface area contributed by atoms with Crippen LogP contribution in [-0.2, 0) is 17.6 Å². The van der Waals surface area contributed by atoms with Gasteiger partial charge in [-0.25, -0.2) is 4.79 Å². The SMILES string of the molecule is CC1(C2CCc3nc4ccc(C(N)=O)c([C@H](CCO)c5ccc(N6CCOC6=O)cc5)c4cc3C2)CC1. The summed E-state index contributed by atoms with van der Waals surface area (Å²) in [7, 11) is 0. The molecule has 1 aliphatic heterocycles. The molecular weight excluding hydrogens is 466 g/mol. The molecule has 2 fully saturated rings. The molecule has 1 saturated carbocycles. The maximum Gasteiger partial charge on any atom is 0.414 e. The Morgan fingerprint density at radius 1 is 1.24 bits per heavy atom. The van der Waals surface area contributed by atoms with Crippen LogP contribution in [0.25, 0.3) is 10.9 Å². The van der Waals surface area contributed by atoms with E-state index in [9.17, 15) is 14.7 Å². The standard InChI is InChI=1S/C30H33N3O4/c1-30(11-12-30)20-4-8-25-19(16-20)17-24-26(32-25)9-7-23(28(31)35)27(24)22(10-14-34)18-2-5-21(6-3-18)33-13-15-37-29(33)36/h2-3,5-7,9,17,20,22,34H,4,8,10-16H2,1H3,(H2,31,35)/t20?,22-/m1/s1. The Bertz CT molecular complexity index is 1380. The maximum atomic E-state index is 12.6. The first kappa shape index (κ1) is 23.9. The molecule has 6 rings (SSSR count). The summed E-state index contributed by atoms with van der Waals surface area (Å²) in [6.07, 6.45) is 5.86. The molecule has 0 bridgehead atoms. The van der Waals surface area contributed by atoms with Gasteiger partial charge in [0.15, 0.2) is 0 Å². The molecule has 0 spiro atoms. The van der Waals surface area contributed by atoms with Gasteiger partial charge in [0.1, 0.15) is 6.61 Å². The molecule has 3 aromatic rings. The van der Waals surface area contributed by atoms with Gasteiger partial charge >= 0.3 is 6.09 Å². The van der Waals surface area contributed by atoms with E-state index < -0.39 is 5.91 Å². The van der Waals surface area contributed by atoms with Gasteiger partial charge in [-0.15, -0.1) is 0 Å². The molecule has 2 aliphatic carbocycles. The van der Waals surface area contributed by atoms with E-state index in [1.807, 2.05) is 30.3 Å². The second-order valence-corrected chi connectivity index (χ2v) is 11.1. The first-order chi connectivity index (χ1) is 17.9. The van der Waals surface area contributed by atoms with Gasteiger partial charge in [-0.3, -0.25) is 14.7 Å². The number of ether oxygens (including phenoxy) is 1. The summed E-state index contributed by atoms with van der Waals surface area (Å²) in [5.74, 6) is -0.0755. The number of nitrogens with zero attached hydrogens (tertiary/aromatic N) is 2. The van der Waals surface area contributed by atoms with Crippen molar-refractivity contribution < 1.29 is 19.4 Å². The third-order valence-electron chi connectivity index (χ3n) is 8.83. The molecule has 2 heterocycles. The van der Waals surface area contributed by atoms with Crippen LogP contribution in [0.1, 0.15) is 71.3 Å². The van der Waals surface area contributed by atoms with Crippen LogP contribution in [0.5, 0.6) is 0 Å². The van der Waals surface area contributed by atoms with Gasteiger partial charge in [-0.1, -0.05) is 19.1 Å². The molecule has 3 aliphatic rings. The molecule has 7 nitrogen and oxygen atoms in total. The van der Waals surface area contributed by atoms with Crippen molar-refractivity contribution in [2.24, 2.45) is 17.1 Å². The minimum Gasteiger partial charge on any atom is -0.447 e. The summed E-state index contributed by atoms with van der Waals surface area (Å²) < 4.78 is 5.07. The average molecular weight is 500 g/mol. The number of aryl methyl sites for hydroxylation is 1. The van der Waals surface area contributed by atoms with Crippen molar-refractivity contribution in [1.82, 2.24) is 4.98 Å². The Morgan fingerprint density at radius 2 is 2.03 bits per heavy atom. The number of hydrogen-bond donors (Lipinski definition) is 2. The number of hydrogen-bond acceptors (Lipinski definition) is 5. The molecule has 7 heteroatoms. The summed E-state index contributed by atoms with van der Waals surface area (Å²) in [6, 6.07) is 13.6. The normalized spacial score (nSPS) is 21.0. The highest BCUT2D eigenvalue weighted by molar-refractivity contribution is 6.01. The molecule has 1 aromatic heterocycles. The van der Waals surface area contributed by atoms with E-state index >= 15 is 0 Å². The number of rotatable bonds is 7. The van der Waals surface area contributed by atoms with Crippen molar-refractivity contribution in [2.45, 2.75) is 51.4 Å². The van der Waals surface area contributed by atoms with Crippen molar-refractivity contribution in [1.29, 1.82) is 0 Å². The van der Waals surface area contributed by atoms with Crippen molar-refractivity contribution in [3.05, 3.63) is 70.4 Å². The van der Waals surface area contributed by atoms with Crippen LogP contribution < -0.4 is 10.6 Å². The van der Waals surface area contributed by atoms with Crippen molar-refractivity contribution >= 4 is 28.6 Å². The molecule has 2 aromatic carbocycles. The number of aromatic nitrogens is 1. The van der Waals surface area contributed by atoms with E-state index in [4.69, 9.17) is 15.5 Å². The third kappa shape index (κ3) is 4.25.